The van der Waals surface area contributed by atoms with Crippen LogP contribution in [-0.4, -0.2) is 33.4 Å². The summed E-state index contributed by atoms with van der Waals surface area (Å²) in [5, 5.41) is 11.2. The van der Waals surface area contributed by atoms with E-state index >= 15 is 0 Å². The average molecular weight is 219 g/mol. The van der Waals surface area contributed by atoms with Gasteiger partial charge in [-0.15, -0.1) is 16.7 Å². The molecule has 0 saturated heterocycles. The van der Waals surface area contributed by atoms with E-state index in [2.05, 4.69) is 15.5 Å². The van der Waals surface area contributed by atoms with Crippen LogP contribution in [-0.2, 0) is 4.74 Å². The summed E-state index contributed by atoms with van der Waals surface area (Å²) < 4.78 is 7.00. The highest BCUT2D eigenvalue weighted by Gasteiger charge is 2.16. The molecule has 1 heterocycles. The van der Waals surface area contributed by atoms with Crippen molar-refractivity contribution >= 4 is 11.6 Å². The largest absolute Gasteiger partial charge is 0.380 e. The quantitative estimate of drug-likeness (QED) is 0.704. The van der Waals surface area contributed by atoms with Gasteiger partial charge in [-0.1, -0.05) is 0 Å². The molecule has 14 heavy (non-hydrogen) atoms. The third-order valence-corrected chi connectivity index (χ3v) is 2.05. The minimum absolute atomic E-state index is 0.112. The second-order valence-corrected chi connectivity index (χ2v) is 3.76. The first-order valence-electron chi connectivity index (χ1n) is 4.66. The van der Waals surface area contributed by atoms with E-state index in [1.165, 1.54) is 0 Å². The Morgan fingerprint density at radius 2 is 2.21 bits per heavy atom. The third kappa shape index (κ3) is 2.65. The van der Waals surface area contributed by atoms with E-state index in [0.29, 0.717) is 19.0 Å². The molecule has 80 valence electrons. The van der Waals surface area contributed by atoms with Crippen molar-refractivity contribution in [1.82, 2.24) is 20.2 Å². The molecule has 0 aliphatic rings. The standard InChI is InChI=1S/C8H15ClN4O/c1-4-14-5-6(2)13-8(7(3)9)10-11-12-13/h6-7H,4-5H2,1-3H3. The SMILES string of the molecule is CCOCC(C)n1nnnc1C(C)Cl. The van der Waals surface area contributed by atoms with Crippen molar-refractivity contribution in [3.8, 4) is 0 Å². The predicted molar refractivity (Wildman–Crippen MR) is 53.3 cm³/mol. The van der Waals surface area contributed by atoms with Crippen LogP contribution >= 0.6 is 11.6 Å². The van der Waals surface area contributed by atoms with Gasteiger partial charge in [0, 0.05) is 6.61 Å². The van der Waals surface area contributed by atoms with E-state index in [0.717, 1.165) is 0 Å². The van der Waals surface area contributed by atoms with Crippen molar-refractivity contribution in [3.05, 3.63) is 5.82 Å². The lowest BCUT2D eigenvalue weighted by molar-refractivity contribution is 0.113. The van der Waals surface area contributed by atoms with Crippen LogP contribution in [0.4, 0.5) is 0 Å². The van der Waals surface area contributed by atoms with E-state index in [1.54, 1.807) is 4.68 Å². The van der Waals surface area contributed by atoms with E-state index in [9.17, 15) is 0 Å². The zero-order valence-electron chi connectivity index (χ0n) is 8.64. The Morgan fingerprint density at radius 1 is 1.50 bits per heavy atom. The summed E-state index contributed by atoms with van der Waals surface area (Å²) in [5.74, 6) is 0.680. The smallest absolute Gasteiger partial charge is 0.169 e. The van der Waals surface area contributed by atoms with Crippen molar-refractivity contribution < 1.29 is 4.74 Å². The maximum atomic E-state index is 5.92. The molecule has 2 atom stereocenters. The number of hydrogen-bond acceptors (Lipinski definition) is 4. The van der Waals surface area contributed by atoms with Crippen molar-refractivity contribution in [2.24, 2.45) is 0 Å². The van der Waals surface area contributed by atoms with Crippen molar-refractivity contribution in [3.63, 3.8) is 0 Å². The summed E-state index contributed by atoms with van der Waals surface area (Å²) >= 11 is 5.92. The van der Waals surface area contributed by atoms with Gasteiger partial charge in [0.15, 0.2) is 5.82 Å². The van der Waals surface area contributed by atoms with Crippen molar-refractivity contribution in [2.75, 3.05) is 13.2 Å². The molecular weight excluding hydrogens is 204 g/mol. The van der Waals surface area contributed by atoms with E-state index < -0.39 is 0 Å². The Bertz CT molecular complexity index is 276. The van der Waals surface area contributed by atoms with Gasteiger partial charge in [-0.3, -0.25) is 0 Å². The van der Waals surface area contributed by atoms with E-state index in [4.69, 9.17) is 16.3 Å². The highest BCUT2D eigenvalue weighted by molar-refractivity contribution is 6.20. The molecule has 1 rings (SSSR count). The van der Waals surface area contributed by atoms with Gasteiger partial charge in [0.2, 0.25) is 0 Å². The van der Waals surface area contributed by atoms with Gasteiger partial charge in [0.05, 0.1) is 18.0 Å². The normalized spacial score (nSPS) is 15.4. The topological polar surface area (TPSA) is 52.8 Å². The minimum atomic E-state index is -0.186. The number of aromatic nitrogens is 4. The molecule has 2 unspecified atom stereocenters. The first-order chi connectivity index (χ1) is 6.66. The zero-order valence-corrected chi connectivity index (χ0v) is 9.40. The molecular formula is C8H15ClN4O. The number of ether oxygens (including phenoxy) is 1. The van der Waals surface area contributed by atoms with Gasteiger partial charge < -0.3 is 4.74 Å². The third-order valence-electron chi connectivity index (χ3n) is 1.85. The van der Waals surface area contributed by atoms with Crippen LogP contribution in [0, 0.1) is 0 Å². The fourth-order valence-electron chi connectivity index (χ4n) is 1.14. The molecule has 0 aliphatic heterocycles. The molecule has 1 aromatic rings. The van der Waals surface area contributed by atoms with E-state index in [-0.39, 0.29) is 11.4 Å². The van der Waals surface area contributed by atoms with Gasteiger partial charge in [-0.25, -0.2) is 4.68 Å². The molecule has 0 N–H and O–H groups in total. The molecule has 0 bridgehead atoms. The lowest BCUT2D eigenvalue weighted by atomic mass is 10.3. The van der Waals surface area contributed by atoms with Crippen LogP contribution in [0.25, 0.3) is 0 Å². The van der Waals surface area contributed by atoms with Crippen molar-refractivity contribution in [1.29, 1.82) is 0 Å². The number of rotatable bonds is 5. The first-order valence-corrected chi connectivity index (χ1v) is 5.10. The molecule has 0 aliphatic carbocycles. The maximum absolute atomic E-state index is 5.92. The van der Waals surface area contributed by atoms with Crippen LogP contribution in [0.1, 0.15) is 38.0 Å². The Labute approximate surface area is 88.4 Å². The summed E-state index contributed by atoms with van der Waals surface area (Å²) in [6.45, 7) is 7.08. The highest BCUT2D eigenvalue weighted by Crippen LogP contribution is 2.18. The second-order valence-electron chi connectivity index (χ2n) is 3.11. The van der Waals surface area contributed by atoms with Gasteiger partial charge in [0.25, 0.3) is 0 Å². The number of alkyl halides is 1. The fourth-order valence-corrected chi connectivity index (χ4v) is 1.28. The predicted octanol–water partition coefficient (Wildman–Crippen LogP) is 1.57. The van der Waals surface area contributed by atoms with Crippen molar-refractivity contribution in [2.45, 2.75) is 32.2 Å². The summed E-state index contributed by atoms with van der Waals surface area (Å²) in [7, 11) is 0. The lowest BCUT2D eigenvalue weighted by Crippen LogP contribution is -2.16. The first kappa shape index (κ1) is 11.4. The zero-order chi connectivity index (χ0) is 10.6. The van der Waals surface area contributed by atoms with Gasteiger partial charge in [-0.2, -0.15) is 0 Å². The fraction of sp³-hybridized carbons (Fsp3) is 0.875. The molecule has 1 aromatic heterocycles. The van der Waals surface area contributed by atoms with Crippen LogP contribution in [0.5, 0.6) is 0 Å². The molecule has 6 heteroatoms. The monoisotopic (exact) mass is 218 g/mol. The minimum Gasteiger partial charge on any atom is -0.380 e. The van der Waals surface area contributed by atoms with Gasteiger partial charge >= 0.3 is 0 Å². The number of tetrazole rings is 1. The summed E-state index contributed by atoms with van der Waals surface area (Å²) in [5.41, 5.74) is 0. The van der Waals surface area contributed by atoms with Gasteiger partial charge in [0.1, 0.15) is 0 Å². The Morgan fingerprint density at radius 3 is 2.79 bits per heavy atom. The number of hydrogen-bond donors (Lipinski definition) is 0. The van der Waals surface area contributed by atoms with Crippen LogP contribution in [0.3, 0.4) is 0 Å². The lowest BCUT2D eigenvalue weighted by Gasteiger charge is -2.13. The van der Waals surface area contributed by atoms with Crippen LogP contribution in [0.2, 0.25) is 0 Å². The molecule has 0 radical (unpaired) electrons. The van der Waals surface area contributed by atoms with Crippen LogP contribution < -0.4 is 0 Å². The average Bonchev–Trinajstić information content (AvgIpc) is 2.62. The summed E-state index contributed by atoms with van der Waals surface area (Å²) in [6.07, 6.45) is 0. The summed E-state index contributed by atoms with van der Waals surface area (Å²) in [4.78, 5) is 0. The molecule has 0 aromatic carbocycles. The molecule has 0 amide bonds. The van der Waals surface area contributed by atoms with Crippen LogP contribution in [0.15, 0.2) is 0 Å². The molecule has 0 saturated carbocycles. The van der Waals surface area contributed by atoms with Gasteiger partial charge in [-0.05, 0) is 31.2 Å². The number of halogens is 1. The highest BCUT2D eigenvalue weighted by atomic mass is 35.5. The molecule has 0 fully saturated rings. The number of nitrogens with zero attached hydrogens (tertiary/aromatic N) is 4. The van der Waals surface area contributed by atoms with E-state index in [1.807, 2.05) is 20.8 Å². The summed E-state index contributed by atoms with van der Waals surface area (Å²) in [6, 6.07) is 0.112. The Kier molecular flexibility index (Phi) is 4.28. The second kappa shape index (κ2) is 5.26. The Balaban J connectivity index is 2.68. The maximum Gasteiger partial charge on any atom is 0.169 e. The molecule has 5 nitrogen and oxygen atoms in total. The molecule has 0 spiro atoms. The Hall–Kier alpha value is -0.680.